The van der Waals surface area contributed by atoms with Crippen molar-refractivity contribution < 1.29 is 4.74 Å². The van der Waals surface area contributed by atoms with Gasteiger partial charge in [0, 0.05) is 22.2 Å². The Morgan fingerprint density at radius 1 is 1.15 bits per heavy atom. The lowest BCUT2D eigenvalue weighted by atomic mass is 9.85. The molecule has 0 bridgehead atoms. The molecule has 3 heteroatoms. The van der Waals surface area contributed by atoms with Gasteiger partial charge in [-0.05, 0) is 36.3 Å². The van der Waals surface area contributed by atoms with E-state index < -0.39 is 0 Å². The van der Waals surface area contributed by atoms with Crippen LogP contribution in [-0.4, -0.2) is 19.2 Å². The van der Waals surface area contributed by atoms with Crippen molar-refractivity contribution >= 4 is 21.4 Å². The van der Waals surface area contributed by atoms with Crippen LogP contribution < -0.4 is 5.32 Å². The lowest BCUT2D eigenvalue weighted by Gasteiger charge is -2.29. The zero-order valence-corrected chi connectivity index (χ0v) is 12.5. The molecular formula is C17H21NOS. The van der Waals surface area contributed by atoms with Gasteiger partial charge in [-0.3, -0.25) is 0 Å². The van der Waals surface area contributed by atoms with Crippen LogP contribution in [0.2, 0.25) is 0 Å². The monoisotopic (exact) mass is 287 g/mol. The fourth-order valence-electron chi connectivity index (χ4n) is 3.58. The van der Waals surface area contributed by atoms with Gasteiger partial charge in [0.2, 0.25) is 0 Å². The number of hydrogen-bond acceptors (Lipinski definition) is 3. The van der Waals surface area contributed by atoms with Gasteiger partial charge in [0.15, 0.2) is 0 Å². The third-order valence-electron chi connectivity index (χ3n) is 4.75. The van der Waals surface area contributed by atoms with E-state index >= 15 is 0 Å². The molecule has 0 radical (unpaired) electrons. The van der Waals surface area contributed by atoms with Gasteiger partial charge in [-0.25, -0.2) is 0 Å². The van der Waals surface area contributed by atoms with Gasteiger partial charge < -0.3 is 10.1 Å². The predicted octanol–water partition coefficient (Wildman–Crippen LogP) is 4.12. The molecule has 2 heterocycles. The van der Waals surface area contributed by atoms with Crippen LogP contribution in [0.15, 0.2) is 30.3 Å². The summed E-state index contributed by atoms with van der Waals surface area (Å²) in [4.78, 5) is 1.37. The molecule has 0 spiro atoms. The number of ether oxygens (including phenoxy) is 1. The van der Waals surface area contributed by atoms with Crippen LogP contribution >= 0.6 is 11.3 Å². The van der Waals surface area contributed by atoms with Crippen molar-refractivity contribution in [3.05, 3.63) is 35.2 Å². The molecule has 1 aliphatic heterocycles. The van der Waals surface area contributed by atoms with Crippen molar-refractivity contribution in [1.82, 2.24) is 5.32 Å². The van der Waals surface area contributed by atoms with Gasteiger partial charge in [0.25, 0.3) is 0 Å². The van der Waals surface area contributed by atoms with E-state index in [1.54, 1.807) is 0 Å². The summed E-state index contributed by atoms with van der Waals surface area (Å²) in [6.07, 6.45) is 5.64. The molecule has 2 nitrogen and oxygen atoms in total. The standard InChI is InChI=1S/C17H21NOS/c1-3-7-14-13(6-1)11-19-15(10-18-14)17-9-12-5-2-4-8-16(12)20-17/h2,4-5,8-9,13-15,18H,1,3,6-7,10-11H2. The molecule has 2 aliphatic rings. The molecule has 0 amide bonds. The molecule has 1 aromatic heterocycles. The van der Waals surface area contributed by atoms with Crippen LogP contribution in [0, 0.1) is 5.92 Å². The summed E-state index contributed by atoms with van der Waals surface area (Å²) in [5.74, 6) is 0.725. The summed E-state index contributed by atoms with van der Waals surface area (Å²) < 4.78 is 7.60. The molecule has 20 heavy (non-hydrogen) atoms. The van der Waals surface area contributed by atoms with Gasteiger partial charge in [-0.2, -0.15) is 0 Å². The highest BCUT2D eigenvalue weighted by Gasteiger charge is 2.30. The summed E-state index contributed by atoms with van der Waals surface area (Å²) in [5.41, 5.74) is 0. The van der Waals surface area contributed by atoms with Crippen LogP contribution in [-0.2, 0) is 4.74 Å². The Morgan fingerprint density at radius 2 is 2.05 bits per heavy atom. The maximum atomic E-state index is 6.24. The fraction of sp³-hybridized carbons (Fsp3) is 0.529. The third-order valence-corrected chi connectivity index (χ3v) is 5.96. The van der Waals surface area contributed by atoms with E-state index in [4.69, 9.17) is 4.74 Å². The molecule has 106 valence electrons. The van der Waals surface area contributed by atoms with Crippen LogP contribution in [0.4, 0.5) is 0 Å². The van der Waals surface area contributed by atoms with Crippen molar-refractivity contribution in [3.63, 3.8) is 0 Å². The zero-order chi connectivity index (χ0) is 13.4. The number of fused-ring (bicyclic) bond motifs is 2. The number of benzene rings is 1. The van der Waals surface area contributed by atoms with E-state index in [0.717, 1.165) is 19.1 Å². The molecule has 3 unspecified atom stereocenters. The Morgan fingerprint density at radius 3 is 3.00 bits per heavy atom. The second-order valence-electron chi connectivity index (χ2n) is 6.07. The quantitative estimate of drug-likeness (QED) is 0.852. The van der Waals surface area contributed by atoms with Crippen LogP contribution in [0.3, 0.4) is 0 Å². The average Bonchev–Trinajstić information content (AvgIpc) is 2.80. The second kappa shape index (κ2) is 5.47. The summed E-state index contributed by atoms with van der Waals surface area (Å²) in [5, 5.41) is 5.10. The topological polar surface area (TPSA) is 21.3 Å². The summed E-state index contributed by atoms with van der Waals surface area (Å²) in [6.45, 7) is 1.89. The summed E-state index contributed by atoms with van der Waals surface area (Å²) in [7, 11) is 0. The molecule has 1 aromatic carbocycles. The predicted molar refractivity (Wildman–Crippen MR) is 84.3 cm³/mol. The SMILES string of the molecule is c1ccc2sc(C3CNC4CCCCC4CO3)cc2c1. The van der Waals surface area contributed by atoms with E-state index in [1.807, 2.05) is 11.3 Å². The summed E-state index contributed by atoms with van der Waals surface area (Å²) >= 11 is 1.88. The molecular weight excluding hydrogens is 266 g/mol. The van der Waals surface area contributed by atoms with Crippen LogP contribution in [0.25, 0.3) is 10.1 Å². The second-order valence-corrected chi connectivity index (χ2v) is 7.18. The average molecular weight is 287 g/mol. The molecule has 1 saturated carbocycles. The first-order chi connectivity index (χ1) is 9.90. The van der Waals surface area contributed by atoms with Crippen LogP contribution in [0.1, 0.15) is 36.7 Å². The molecule has 3 atom stereocenters. The minimum Gasteiger partial charge on any atom is -0.371 e. The first kappa shape index (κ1) is 12.8. The number of nitrogens with one attached hydrogen (secondary N) is 1. The van der Waals surface area contributed by atoms with Crippen molar-refractivity contribution in [3.8, 4) is 0 Å². The number of thiophene rings is 1. The maximum Gasteiger partial charge on any atom is 0.104 e. The lowest BCUT2D eigenvalue weighted by molar-refractivity contribution is 0.0421. The Labute approximate surface area is 124 Å². The zero-order valence-electron chi connectivity index (χ0n) is 11.7. The van der Waals surface area contributed by atoms with Gasteiger partial charge in [-0.15, -0.1) is 11.3 Å². The first-order valence-electron chi connectivity index (χ1n) is 7.73. The van der Waals surface area contributed by atoms with Crippen molar-refractivity contribution in [2.45, 2.75) is 37.8 Å². The van der Waals surface area contributed by atoms with Gasteiger partial charge in [0.1, 0.15) is 6.10 Å². The molecule has 1 saturated heterocycles. The van der Waals surface area contributed by atoms with Gasteiger partial charge >= 0.3 is 0 Å². The van der Waals surface area contributed by atoms with Crippen molar-refractivity contribution in [2.75, 3.05) is 13.2 Å². The van der Waals surface area contributed by atoms with E-state index in [0.29, 0.717) is 6.04 Å². The normalized spacial score (nSPS) is 30.9. The number of hydrogen-bond donors (Lipinski definition) is 1. The lowest BCUT2D eigenvalue weighted by Crippen LogP contribution is -2.38. The largest absolute Gasteiger partial charge is 0.371 e. The van der Waals surface area contributed by atoms with E-state index in [-0.39, 0.29) is 6.10 Å². The Hall–Kier alpha value is -0.900. The number of rotatable bonds is 1. The Balaban J connectivity index is 1.56. The molecule has 2 aromatic rings. The smallest absolute Gasteiger partial charge is 0.104 e. The Kier molecular flexibility index (Phi) is 3.51. The van der Waals surface area contributed by atoms with E-state index in [1.165, 1.54) is 40.6 Å². The molecule has 1 aliphatic carbocycles. The van der Waals surface area contributed by atoms with Gasteiger partial charge in [0.05, 0.1) is 6.61 Å². The molecule has 1 N–H and O–H groups in total. The van der Waals surface area contributed by atoms with Crippen LogP contribution in [0.5, 0.6) is 0 Å². The highest BCUT2D eigenvalue weighted by atomic mass is 32.1. The minimum atomic E-state index is 0.234. The molecule has 4 rings (SSSR count). The van der Waals surface area contributed by atoms with Crippen molar-refractivity contribution in [2.24, 2.45) is 5.92 Å². The third kappa shape index (κ3) is 2.39. The highest BCUT2D eigenvalue weighted by molar-refractivity contribution is 7.19. The minimum absolute atomic E-state index is 0.234. The van der Waals surface area contributed by atoms with E-state index in [2.05, 4.69) is 35.6 Å². The molecule has 2 fully saturated rings. The highest BCUT2D eigenvalue weighted by Crippen LogP contribution is 2.35. The summed E-state index contributed by atoms with van der Waals surface area (Å²) in [6, 6.07) is 11.6. The van der Waals surface area contributed by atoms with Gasteiger partial charge in [-0.1, -0.05) is 31.0 Å². The van der Waals surface area contributed by atoms with E-state index in [9.17, 15) is 0 Å². The fourth-order valence-corrected chi connectivity index (χ4v) is 4.69. The first-order valence-corrected chi connectivity index (χ1v) is 8.55. The Bertz CT molecular complexity index is 544. The maximum absolute atomic E-state index is 6.24. The van der Waals surface area contributed by atoms with Crippen molar-refractivity contribution in [1.29, 1.82) is 0 Å².